The zero-order valence-electron chi connectivity index (χ0n) is 19.8. The Hall–Kier alpha value is -4.33. The fourth-order valence-electron chi connectivity index (χ4n) is 3.76. The number of benzene rings is 3. The van der Waals surface area contributed by atoms with Gasteiger partial charge in [-0.15, -0.1) is 0 Å². The molecule has 4 rings (SSSR count). The van der Waals surface area contributed by atoms with Crippen molar-refractivity contribution in [1.82, 2.24) is 4.90 Å². The van der Waals surface area contributed by atoms with Gasteiger partial charge in [-0.1, -0.05) is 0 Å². The molecule has 8 nitrogen and oxygen atoms in total. The monoisotopic (exact) mass is 474 g/mol. The number of nitrogens with zero attached hydrogens (tertiary/aromatic N) is 2. The minimum atomic E-state index is -0.464. The molecular weight excluding hydrogens is 448 g/mol. The molecule has 0 aromatic heterocycles. The molecule has 35 heavy (non-hydrogen) atoms. The second-order valence-corrected chi connectivity index (χ2v) is 7.88. The van der Waals surface area contributed by atoms with Crippen LogP contribution in [0, 0.1) is 0 Å². The van der Waals surface area contributed by atoms with Crippen molar-refractivity contribution in [2.24, 2.45) is 0 Å². The van der Waals surface area contributed by atoms with Crippen LogP contribution in [0.4, 0.5) is 5.69 Å². The lowest BCUT2D eigenvalue weighted by Crippen LogP contribution is -2.31. The number of methoxy groups -OCH3 is 1. The van der Waals surface area contributed by atoms with E-state index in [2.05, 4.69) is 0 Å². The van der Waals surface area contributed by atoms with Gasteiger partial charge in [0.1, 0.15) is 23.9 Å². The molecule has 0 atom stereocenters. The lowest BCUT2D eigenvalue weighted by Gasteiger charge is -2.18. The Morgan fingerprint density at radius 1 is 0.829 bits per heavy atom. The first-order valence-electron chi connectivity index (χ1n) is 11.2. The van der Waals surface area contributed by atoms with E-state index in [-0.39, 0.29) is 17.0 Å². The molecule has 3 aromatic carbocycles. The maximum atomic E-state index is 13.1. The second-order valence-electron chi connectivity index (χ2n) is 7.88. The van der Waals surface area contributed by atoms with E-state index in [0.717, 1.165) is 10.6 Å². The Morgan fingerprint density at radius 3 is 2.09 bits per heavy atom. The summed E-state index contributed by atoms with van der Waals surface area (Å²) in [5.41, 5.74) is 1.24. The van der Waals surface area contributed by atoms with Gasteiger partial charge in [0.25, 0.3) is 17.7 Å². The predicted molar refractivity (Wildman–Crippen MR) is 131 cm³/mol. The molecule has 0 spiro atoms. The molecule has 0 saturated heterocycles. The van der Waals surface area contributed by atoms with Gasteiger partial charge in [-0.2, -0.15) is 0 Å². The summed E-state index contributed by atoms with van der Waals surface area (Å²) in [4.78, 5) is 41.5. The zero-order chi connectivity index (χ0) is 24.9. The van der Waals surface area contributed by atoms with Crippen molar-refractivity contribution in [2.45, 2.75) is 6.92 Å². The van der Waals surface area contributed by atoms with Crippen LogP contribution in [-0.4, -0.2) is 56.5 Å². The van der Waals surface area contributed by atoms with Crippen LogP contribution in [-0.2, 0) is 0 Å². The molecule has 0 radical (unpaired) electrons. The van der Waals surface area contributed by atoms with Crippen LogP contribution in [0.3, 0.4) is 0 Å². The Bertz CT molecular complexity index is 1240. The molecule has 3 aromatic rings. The summed E-state index contributed by atoms with van der Waals surface area (Å²) in [5.74, 6) is 0.896. The highest BCUT2D eigenvalue weighted by Gasteiger charge is 2.37. The first-order chi connectivity index (χ1) is 16.9. The van der Waals surface area contributed by atoms with Gasteiger partial charge in [-0.3, -0.25) is 14.4 Å². The van der Waals surface area contributed by atoms with Crippen molar-refractivity contribution < 1.29 is 28.6 Å². The normalized spacial score (nSPS) is 12.4. The zero-order valence-corrected chi connectivity index (χ0v) is 19.8. The molecule has 8 heteroatoms. The van der Waals surface area contributed by atoms with Gasteiger partial charge in [0.05, 0.1) is 37.1 Å². The van der Waals surface area contributed by atoms with Crippen LogP contribution in [0.15, 0.2) is 66.7 Å². The molecule has 0 N–H and O–H groups in total. The molecule has 1 aliphatic heterocycles. The molecule has 1 aliphatic rings. The first-order valence-corrected chi connectivity index (χ1v) is 11.2. The van der Waals surface area contributed by atoms with Crippen LogP contribution in [0.5, 0.6) is 17.2 Å². The Morgan fingerprint density at radius 2 is 1.43 bits per heavy atom. The van der Waals surface area contributed by atoms with Crippen LogP contribution in [0.2, 0.25) is 0 Å². The predicted octanol–water partition coefficient (Wildman–Crippen LogP) is 4.05. The van der Waals surface area contributed by atoms with Crippen molar-refractivity contribution in [3.63, 3.8) is 0 Å². The SMILES string of the molecule is CCOc1ccc(N2C(=O)c3ccc(C(=O)N(C)CCOc4ccc(OC)cc4)cc3C2=O)cc1. The number of imide groups is 1. The third kappa shape index (κ3) is 4.96. The molecule has 1 heterocycles. The van der Waals surface area contributed by atoms with E-state index in [0.29, 0.717) is 42.5 Å². The largest absolute Gasteiger partial charge is 0.497 e. The third-order valence-electron chi connectivity index (χ3n) is 5.64. The fraction of sp³-hybridized carbons (Fsp3) is 0.222. The van der Waals surface area contributed by atoms with Gasteiger partial charge in [-0.05, 0) is 73.7 Å². The lowest BCUT2D eigenvalue weighted by molar-refractivity contribution is 0.0773. The molecule has 0 saturated carbocycles. The maximum absolute atomic E-state index is 13.1. The van der Waals surface area contributed by atoms with Crippen LogP contribution in [0.25, 0.3) is 0 Å². The fourth-order valence-corrected chi connectivity index (χ4v) is 3.76. The second kappa shape index (κ2) is 10.3. The van der Waals surface area contributed by atoms with E-state index in [1.54, 1.807) is 68.8 Å². The van der Waals surface area contributed by atoms with Gasteiger partial charge in [0, 0.05) is 12.6 Å². The van der Waals surface area contributed by atoms with E-state index in [1.807, 2.05) is 6.92 Å². The quantitative estimate of drug-likeness (QED) is 0.435. The van der Waals surface area contributed by atoms with Gasteiger partial charge in [0.2, 0.25) is 0 Å². The average Bonchev–Trinajstić information content (AvgIpc) is 3.13. The molecule has 180 valence electrons. The summed E-state index contributed by atoms with van der Waals surface area (Å²) in [6, 6.07) is 18.5. The Kier molecular flexibility index (Phi) is 7.01. The summed E-state index contributed by atoms with van der Waals surface area (Å²) >= 11 is 0. The van der Waals surface area contributed by atoms with Gasteiger partial charge < -0.3 is 19.1 Å². The van der Waals surface area contributed by atoms with Crippen LogP contribution >= 0.6 is 0 Å². The van der Waals surface area contributed by atoms with Gasteiger partial charge in [-0.25, -0.2) is 4.90 Å². The number of rotatable bonds is 9. The van der Waals surface area contributed by atoms with E-state index in [9.17, 15) is 14.4 Å². The molecular formula is C27H26N2O6. The number of amides is 3. The van der Waals surface area contributed by atoms with Crippen molar-refractivity contribution in [1.29, 1.82) is 0 Å². The number of carbonyl (C=O) groups excluding carboxylic acids is 3. The number of hydrogen-bond donors (Lipinski definition) is 0. The minimum Gasteiger partial charge on any atom is -0.497 e. The van der Waals surface area contributed by atoms with Crippen LogP contribution in [0.1, 0.15) is 38.0 Å². The molecule has 0 aliphatic carbocycles. The van der Waals surface area contributed by atoms with Crippen molar-refractivity contribution in [2.75, 3.05) is 38.8 Å². The van der Waals surface area contributed by atoms with Crippen molar-refractivity contribution in [3.05, 3.63) is 83.4 Å². The van der Waals surface area contributed by atoms with Gasteiger partial charge >= 0.3 is 0 Å². The molecule has 0 bridgehead atoms. The summed E-state index contributed by atoms with van der Waals surface area (Å²) in [6.07, 6.45) is 0. The average molecular weight is 475 g/mol. The number of ether oxygens (including phenoxy) is 3. The lowest BCUT2D eigenvalue weighted by atomic mass is 10.1. The summed E-state index contributed by atoms with van der Waals surface area (Å²) in [5, 5.41) is 0. The number of fused-ring (bicyclic) bond motifs is 1. The minimum absolute atomic E-state index is 0.206. The maximum Gasteiger partial charge on any atom is 0.266 e. The number of hydrogen-bond acceptors (Lipinski definition) is 6. The van der Waals surface area contributed by atoms with E-state index < -0.39 is 11.8 Å². The number of anilines is 1. The molecule has 0 unspecified atom stereocenters. The Balaban J connectivity index is 1.42. The smallest absolute Gasteiger partial charge is 0.266 e. The van der Waals surface area contributed by atoms with Crippen LogP contribution < -0.4 is 19.1 Å². The van der Waals surface area contributed by atoms with Crippen molar-refractivity contribution >= 4 is 23.4 Å². The highest BCUT2D eigenvalue weighted by atomic mass is 16.5. The molecule has 0 fully saturated rings. The summed E-state index contributed by atoms with van der Waals surface area (Å²) in [7, 11) is 3.25. The Labute approximate surface area is 203 Å². The number of carbonyl (C=O) groups is 3. The third-order valence-corrected chi connectivity index (χ3v) is 5.64. The van der Waals surface area contributed by atoms with E-state index in [4.69, 9.17) is 14.2 Å². The molecule has 3 amide bonds. The van der Waals surface area contributed by atoms with E-state index >= 15 is 0 Å². The highest BCUT2D eigenvalue weighted by molar-refractivity contribution is 6.34. The topological polar surface area (TPSA) is 85.4 Å². The first kappa shape index (κ1) is 23.8. The summed E-state index contributed by atoms with van der Waals surface area (Å²) in [6.45, 7) is 3.03. The van der Waals surface area contributed by atoms with Crippen molar-refractivity contribution in [3.8, 4) is 17.2 Å². The van der Waals surface area contributed by atoms with Gasteiger partial charge in [0.15, 0.2) is 0 Å². The highest BCUT2D eigenvalue weighted by Crippen LogP contribution is 2.30. The standard InChI is InChI=1S/C27H26N2O6/c1-4-34-21-8-6-19(7-9-21)29-26(31)23-14-5-18(17-24(23)27(29)32)25(30)28(2)15-16-35-22-12-10-20(33-3)11-13-22/h5-14,17H,4,15-16H2,1-3H3. The number of likely N-dealkylation sites (N-methyl/N-ethyl adjacent to an activating group) is 1. The van der Waals surface area contributed by atoms with E-state index in [1.165, 1.54) is 17.0 Å². The summed E-state index contributed by atoms with van der Waals surface area (Å²) < 4.78 is 16.2.